The van der Waals surface area contributed by atoms with E-state index in [2.05, 4.69) is 20.5 Å². The van der Waals surface area contributed by atoms with Crippen LogP contribution in [0.5, 0.6) is 5.75 Å². The lowest BCUT2D eigenvalue weighted by atomic mass is 9.63. The Kier molecular flexibility index (Phi) is 11.2. The summed E-state index contributed by atoms with van der Waals surface area (Å²) in [5, 5.41) is 5.31. The average Bonchev–Trinajstić information content (AvgIpc) is 4.11. The van der Waals surface area contributed by atoms with Crippen LogP contribution >= 0.6 is 11.6 Å². The number of hydrogen-bond donors (Lipinski definition) is 3. The fourth-order valence-corrected chi connectivity index (χ4v) is 12.3. The molecule has 0 aliphatic carbocycles. The number of likely N-dealkylation sites (tertiary alicyclic amines) is 1. The van der Waals surface area contributed by atoms with Crippen molar-refractivity contribution in [2.24, 2.45) is 23.0 Å². The van der Waals surface area contributed by atoms with Gasteiger partial charge in [0.15, 0.2) is 0 Å². The molecule has 0 bridgehead atoms. The molecular formula is C50H51ClF4N8O6. The Morgan fingerprint density at radius 1 is 0.986 bits per heavy atom. The molecule has 1 aromatic heterocycles. The predicted octanol–water partition coefficient (Wildman–Crippen LogP) is 6.50. The molecule has 1 unspecified atom stereocenters. The summed E-state index contributed by atoms with van der Waals surface area (Å²) >= 11 is 6.41. The summed E-state index contributed by atoms with van der Waals surface area (Å²) in [7, 11) is 1.44. The predicted molar refractivity (Wildman–Crippen MR) is 247 cm³/mol. The van der Waals surface area contributed by atoms with Crippen LogP contribution in [-0.4, -0.2) is 102 Å². The lowest BCUT2D eigenvalue weighted by Crippen LogP contribution is -2.52. The Morgan fingerprint density at radius 2 is 1.72 bits per heavy atom. The van der Waals surface area contributed by atoms with Gasteiger partial charge in [-0.2, -0.15) is 13.2 Å². The molecule has 6 aliphatic heterocycles. The van der Waals surface area contributed by atoms with E-state index in [9.17, 15) is 37.1 Å². The van der Waals surface area contributed by atoms with Gasteiger partial charge < -0.3 is 35.4 Å². The van der Waals surface area contributed by atoms with E-state index < -0.39 is 64.4 Å². The zero-order valence-electron chi connectivity index (χ0n) is 38.3. The minimum Gasteiger partial charge on any atom is -0.495 e. The van der Waals surface area contributed by atoms with Crippen molar-refractivity contribution in [2.75, 3.05) is 55.0 Å². The largest absolute Gasteiger partial charge is 0.495 e. The van der Waals surface area contributed by atoms with Crippen LogP contribution in [0.2, 0.25) is 5.02 Å². The maximum Gasteiger partial charge on any atom is 0.433 e. The Morgan fingerprint density at radius 3 is 2.39 bits per heavy atom. The molecule has 4 aromatic rings. The highest BCUT2D eigenvalue weighted by atomic mass is 35.5. The topological polar surface area (TPSA) is 171 Å². The van der Waals surface area contributed by atoms with Crippen LogP contribution in [0.1, 0.15) is 89.1 Å². The van der Waals surface area contributed by atoms with Crippen molar-refractivity contribution in [1.82, 2.24) is 20.1 Å². The molecule has 19 heteroatoms. The molecule has 4 N–H and O–H groups in total. The number of piperidine rings is 1. The van der Waals surface area contributed by atoms with Gasteiger partial charge in [-0.3, -0.25) is 34.3 Å². The van der Waals surface area contributed by atoms with Crippen LogP contribution in [0.4, 0.5) is 34.6 Å². The van der Waals surface area contributed by atoms with E-state index in [-0.39, 0.29) is 77.5 Å². The smallest absolute Gasteiger partial charge is 0.433 e. The summed E-state index contributed by atoms with van der Waals surface area (Å²) in [6.45, 7) is 8.61. The monoisotopic (exact) mass is 970 g/mol. The van der Waals surface area contributed by atoms with Crippen LogP contribution in [0, 0.1) is 23.1 Å². The van der Waals surface area contributed by atoms with Gasteiger partial charge in [0.1, 0.15) is 29.3 Å². The molecule has 1 spiro atoms. The molecule has 4 fully saturated rings. The number of ether oxygens (including phenoxy) is 1. The standard InChI is InChI=1S/C50H51ClF4N8O6/c1-48(2,3)17-39-49(24-58-34-16-38(50(53,54)55)57-18-32(34)49)41(31-6-5-7-33(51)42(31)52)43(44(56)65)63(39)35-11-8-25(15-37(35)69-4)46(67)61-21-27-19-60(20-28(27)22-61)29-9-10-30-26(14-29)23-62(47(30)68)36-12-13-40(64)59-45(36)66/h5-11,14-16,18,27-28,36,39,41,43,58H,12-13,17,19-24H2,1-4H3,(H2,56,65)(H,59,64,66)/t27-,28+,36?,39-,41-,43+,49-/m0/s1. The second-order valence-corrected chi connectivity index (χ2v) is 20.8. The number of aromatic nitrogens is 1. The highest BCUT2D eigenvalue weighted by Crippen LogP contribution is 2.61. The lowest BCUT2D eigenvalue weighted by molar-refractivity contribution is -0.141. The number of carbonyl (C=O) groups excluding carboxylic acids is 5. The van der Waals surface area contributed by atoms with Crippen LogP contribution < -0.4 is 30.9 Å². The van der Waals surface area contributed by atoms with Crippen LogP contribution in [-0.2, 0) is 32.5 Å². The summed E-state index contributed by atoms with van der Waals surface area (Å²) in [5.74, 6) is -3.38. The number of primary amides is 1. The molecule has 0 radical (unpaired) electrons. The number of nitrogens with one attached hydrogen (secondary N) is 2. The van der Waals surface area contributed by atoms with Gasteiger partial charge in [0, 0.05) is 109 Å². The van der Waals surface area contributed by atoms with Gasteiger partial charge >= 0.3 is 6.18 Å². The Bertz CT molecular complexity index is 2830. The normalized spacial score (nSPS) is 26.4. The lowest BCUT2D eigenvalue weighted by Gasteiger charge is -2.41. The highest BCUT2D eigenvalue weighted by Gasteiger charge is 2.66. The number of methoxy groups -OCH3 is 1. The van der Waals surface area contributed by atoms with E-state index in [1.165, 1.54) is 30.3 Å². The minimum atomic E-state index is -4.74. The fourth-order valence-electron chi connectivity index (χ4n) is 12.2. The number of rotatable bonds is 8. The number of pyridine rings is 1. The number of alkyl halides is 3. The number of halogens is 5. The van der Waals surface area contributed by atoms with Gasteiger partial charge in [0.05, 0.1) is 17.8 Å². The summed E-state index contributed by atoms with van der Waals surface area (Å²) in [6, 6.07) is 13.4. The molecule has 0 saturated carbocycles. The van der Waals surface area contributed by atoms with Gasteiger partial charge in [-0.1, -0.05) is 44.5 Å². The highest BCUT2D eigenvalue weighted by molar-refractivity contribution is 6.30. The Hall–Kier alpha value is -6.43. The zero-order chi connectivity index (χ0) is 49.1. The van der Waals surface area contributed by atoms with Crippen molar-refractivity contribution in [3.63, 3.8) is 0 Å². The first-order chi connectivity index (χ1) is 32.7. The molecular weight excluding hydrogens is 920 g/mol. The number of amides is 5. The first kappa shape index (κ1) is 46.3. The number of nitrogens with zero attached hydrogens (tertiary/aromatic N) is 5. The van der Waals surface area contributed by atoms with Crippen LogP contribution in [0.15, 0.2) is 66.9 Å². The number of benzene rings is 3. The van der Waals surface area contributed by atoms with Crippen LogP contribution in [0.3, 0.4) is 0 Å². The number of anilines is 3. The molecule has 69 heavy (non-hydrogen) atoms. The maximum atomic E-state index is 16.5. The van der Waals surface area contributed by atoms with Gasteiger partial charge in [0.2, 0.25) is 17.7 Å². The number of fused-ring (bicyclic) bond motifs is 4. The molecule has 7 atom stereocenters. The number of carbonyl (C=O) groups is 5. The summed E-state index contributed by atoms with van der Waals surface area (Å²) in [4.78, 5) is 77.4. The molecule has 10 rings (SSSR count). The van der Waals surface area contributed by atoms with Crippen molar-refractivity contribution < 1.29 is 46.3 Å². The third kappa shape index (κ3) is 7.69. The van der Waals surface area contributed by atoms with Gasteiger partial charge in [-0.05, 0) is 77.9 Å². The van der Waals surface area contributed by atoms with E-state index in [0.29, 0.717) is 55.0 Å². The second kappa shape index (κ2) is 16.6. The molecule has 7 heterocycles. The van der Waals surface area contributed by atoms with Crippen molar-refractivity contribution in [1.29, 1.82) is 0 Å². The molecule has 3 aromatic carbocycles. The van der Waals surface area contributed by atoms with Crippen molar-refractivity contribution in [3.05, 3.63) is 111 Å². The van der Waals surface area contributed by atoms with E-state index >= 15 is 4.39 Å². The zero-order valence-corrected chi connectivity index (χ0v) is 39.1. The molecule has 4 saturated heterocycles. The SMILES string of the molecule is COc1cc(C(=O)N2C[C@@H]3CN(c4ccc5c(c4)CN(C4CCC(=O)NC4=O)C5=O)C[C@@H]3C2)ccc1N1[C@@H](CC(C)(C)C)[C@@]2(CNc3cc(C(F)(F)F)ncc32)[C@@H](c2cccc(Cl)c2F)[C@@H]1C(N)=O. The second-order valence-electron chi connectivity index (χ2n) is 20.4. The molecule has 14 nitrogen and oxygen atoms in total. The van der Waals surface area contributed by atoms with E-state index in [4.69, 9.17) is 22.1 Å². The first-order valence-electron chi connectivity index (χ1n) is 23.0. The minimum absolute atomic E-state index is 0.00584. The Balaban J connectivity index is 0.934. The van der Waals surface area contributed by atoms with Crippen LogP contribution in [0.25, 0.3) is 0 Å². The molecule has 5 amide bonds. The maximum absolute atomic E-state index is 16.5. The number of hydrogen-bond acceptors (Lipinski definition) is 10. The quantitative estimate of drug-likeness (QED) is 0.131. The summed E-state index contributed by atoms with van der Waals surface area (Å²) in [5.41, 5.74) is 7.12. The third-order valence-corrected chi connectivity index (χ3v) is 15.4. The summed E-state index contributed by atoms with van der Waals surface area (Å²) in [6.07, 6.45) is -2.77. The van der Waals surface area contributed by atoms with E-state index in [1.807, 2.05) is 37.8 Å². The molecule has 362 valence electrons. The van der Waals surface area contributed by atoms with Crippen molar-refractivity contribution in [2.45, 2.75) is 82.2 Å². The van der Waals surface area contributed by atoms with E-state index in [1.54, 1.807) is 35.2 Å². The first-order valence-corrected chi connectivity index (χ1v) is 23.4. The van der Waals surface area contributed by atoms with Crippen molar-refractivity contribution in [3.8, 4) is 5.75 Å². The number of nitrogens with two attached hydrogens (primary N) is 1. The number of imide groups is 1. The fraction of sp³-hybridized carbons (Fsp3) is 0.440. The van der Waals surface area contributed by atoms with Crippen molar-refractivity contribution >= 4 is 58.2 Å². The average molecular weight is 971 g/mol. The van der Waals surface area contributed by atoms with Gasteiger partial charge in [-0.25, -0.2) is 4.39 Å². The third-order valence-electron chi connectivity index (χ3n) is 15.1. The molecule has 6 aliphatic rings. The van der Waals surface area contributed by atoms with E-state index in [0.717, 1.165) is 17.3 Å². The Labute approximate surface area is 400 Å². The van der Waals surface area contributed by atoms with Gasteiger partial charge in [-0.15, -0.1) is 0 Å². The summed E-state index contributed by atoms with van der Waals surface area (Å²) < 4.78 is 64.7. The van der Waals surface area contributed by atoms with Gasteiger partial charge in [0.25, 0.3) is 11.8 Å².